The summed E-state index contributed by atoms with van der Waals surface area (Å²) < 4.78 is 15.9. The molecular formula is C15H22O10. The van der Waals surface area contributed by atoms with Crippen LogP contribution >= 0.6 is 0 Å². The molecule has 0 aromatic heterocycles. The summed E-state index contributed by atoms with van der Waals surface area (Å²) in [6, 6.07) is 0. The number of rotatable bonds is 3. The third-order valence-electron chi connectivity index (χ3n) is 5.08. The fourth-order valence-corrected chi connectivity index (χ4v) is 3.72. The number of hydrogen-bond donors (Lipinski definition) is 6. The van der Waals surface area contributed by atoms with E-state index >= 15 is 0 Å². The van der Waals surface area contributed by atoms with Gasteiger partial charge in [-0.05, 0) is 13.0 Å². The van der Waals surface area contributed by atoms with Crippen molar-refractivity contribution in [3.05, 3.63) is 12.3 Å². The van der Waals surface area contributed by atoms with Crippen LogP contribution in [0.4, 0.5) is 0 Å². The lowest BCUT2D eigenvalue weighted by Crippen LogP contribution is -2.60. The molecule has 2 heterocycles. The second kappa shape index (κ2) is 6.25. The molecule has 142 valence electrons. The molecule has 3 aliphatic rings. The standard InChI is InChI=1S/C15H22O10/c1-14(21)4-7(17)15(22)2-3-23-13(11(14)15)25-12-10(20)9(19)8(18)6(5-16)24-12/h2-3,6-8,10-13,16-18,20-22H,4-5H2,1H3. The van der Waals surface area contributed by atoms with Crippen LogP contribution in [0.1, 0.15) is 13.3 Å². The zero-order valence-corrected chi connectivity index (χ0v) is 13.4. The molecule has 3 rings (SSSR count). The van der Waals surface area contributed by atoms with Crippen LogP contribution in [-0.4, -0.2) is 91.2 Å². The van der Waals surface area contributed by atoms with E-state index in [-0.39, 0.29) is 6.42 Å². The molecule has 0 aromatic carbocycles. The van der Waals surface area contributed by atoms with E-state index in [4.69, 9.17) is 19.3 Å². The highest BCUT2D eigenvalue weighted by Crippen LogP contribution is 2.49. The fraction of sp³-hybridized carbons (Fsp3) is 0.800. The third kappa shape index (κ3) is 2.88. The lowest BCUT2D eigenvalue weighted by molar-refractivity contribution is -0.324. The van der Waals surface area contributed by atoms with Gasteiger partial charge in [0.05, 0.1) is 30.5 Å². The Balaban J connectivity index is 1.83. The number of Topliss-reactive ketones (excluding diaryl/α,β-unsaturated/α-hetero) is 1. The van der Waals surface area contributed by atoms with E-state index in [0.717, 1.165) is 6.26 Å². The Labute approximate surface area is 142 Å². The van der Waals surface area contributed by atoms with Crippen LogP contribution in [0.5, 0.6) is 0 Å². The SMILES string of the molecule is CC1(O)CC(O)C2(O)C=COC(OC3OC(CO)C(O)C(=O)C3O)C12. The van der Waals surface area contributed by atoms with Crippen LogP contribution in [0, 0.1) is 5.92 Å². The van der Waals surface area contributed by atoms with Crippen molar-refractivity contribution >= 4 is 5.78 Å². The van der Waals surface area contributed by atoms with Crippen LogP contribution < -0.4 is 0 Å². The van der Waals surface area contributed by atoms with Crippen LogP contribution in [0.2, 0.25) is 0 Å². The molecule has 9 unspecified atom stereocenters. The summed E-state index contributed by atoms with van der Waals surface area (Å²) in [5.41, 5.74) is -3.39. The van der Waals surface area contributed by atoms with Gasteiger partial charge in [0.15, 0.2) is 18.2 Å². The maximum absolute atomic E-state index is 11.9. The maximum atomic E-state index is 11.9. The minimum absolute atomic E-state index is 0.146. The summed E-state index contributed by atoms with van der Waals surface area (Å²) in [5.74, 6) is -2.12. The average Bonchev–Trinajstić information content (AvgIpc) is 2.73. The molecule has 2 aliphatic heterocycles. The molecular weight excluding hydrogens is 340 g/mol. The molecule has 0 aromatic rings. The smallest absolute Gasteiger partial charge is 0.210 e. The molecule has 10 nitrogen and oxygen atoms in total. The number of aliphatic hydroxyl groups is 6. The molecule has 0 radical (unpaired) electrons. The van der Waals surface area contributed by atoms with Crippen LogP contribution in [0.15, 0.2) is 12.3 Å². The van der Waals surface area contributed by atoms with E-state index in [1.165, 1.54) is 13.0 Å². The van der Waals surface area contributed by atoms with Gasteiger partial charge in [-0.1, -0.05) is 0 Å². The first-order valence-electron chi connectivity index (χ1n) is 7.89. The summed E-state index contributed by atoms with van der Waals surface area (Å²) in [6.45, 7) is 0.704. The number of hydrogen-bond acceptors (Lipinski definition) is 10. The second-order valence-electron chi connectivity index (χ2n) is 6.90. The van der Waals surface area contributed by atoms with E-state index in [0.29, 0.717) is 0 Å². The average molecular weight is 362 g/mol. The second-order valence-corrected chi connectivity index (χ2v) is 6.90. The number of carbonyl (C=O) groups excluding carboxylic acids is 1. The van der Waals surface area contributed by atoms with Gasteiger partial charge >= 0.3 is 0 Å². The Kier molecular flexibility index (Phi) is 4.67. The van der Waals surface area contributed by atoms with Crippen molar-refractivity contribution in [2.75, 3.05) is 6.61 Å². The molecule has 10 heteroatoms. The zero-order valence-electron chi connectivity index (χ0n) is 13.4. The van der Waals surface area contributed by atoms with E-state index in [1.54, 1.807) is 0 Å². The highest BCUT2D eigenvalue weighted by atomic mass is 16.8. The Morgan fingerprint density at radius 3 is 2.56 bits per heavy atom. The third-order valence-corrected chi connectivity index (χ3v) is 5.08. The first kappa shape index (κ1) is 18.7. The molecule has 0 bridgehead atoms. The van der Waals surface area contributed by atoms with Gasteiger partial charge in [-0.15, -0.1) is 0 Å². The monoisotopic (exact) mass is 362 g/mol. The number of fused-ring (bicyclic) bond motifs is 1. The van der Waals surface area contributed by atoms with Crippen molar-refractivity contribution in [2.24, 2.45) is 5.92 Å². The highest BCUT2D eigenvalue weighted by Gasteiger charge is 2.64. The van der Waals surface area contributed by atoms with Gasteiger partial charge < -0.3 is 44.8 Å². The van der Waals surface area contributed by atoms with Crippen LogP contribution in [0.3, 0.4) is 0 Å². The summed E-state index contributed by atoms with van der Waals surface area (Å²) in [7, 11) is 0. The zero-order chi connectivity index (χ0) is 18.6. The van der Waals surface area contributed by atoms with Crippen molar-refractivity contribution in [3.63, 3.8) is 0 Å². The number of aliphatic hydroxyl groups excluding tert-OH is 4. The lowest BCUT2D eigenvalue weighted by atomic mass is 9.81. The Bertz CT molecular complexity index is 563. The van der Waals surface area contributed by atoms with Crippen molar-refractivity contribution < 1.29 is 49.6 Å². The van der Waals surface area contributed by atoms with E-state index < -0.39 is 66.5 Å². The van der Waals surface area contributed by atoms with Crippen LogP contribution in [-0.2, 0) is 19.0 Å². The predicted octanol–water partition coefficient (Wildman–Crippen LogP) is -3.26. The van der Waals surface area contributed by atoms with Gasteiger partial charge in [-0.2, -0.15) is 0 Å². The summed E-state index contributed by atoms with van der Waals surface area (Å²) in [4.78, 5) is 11.9. The first-order valence-corrected chi connectivity index (χ1v) is 7.89. The Morgan fingerprint density at radius 2 is 1.92 bits per heavy atom. The summed E-state index contributed by atoms with van der Waals surface area (Å²) in [6.07, 6.45) is -6.94. The van der Waals surface area contributed by atoms with Crippen molar-refractivity contribution in [1.29, 1.82) is 0 Å². The van der Waals surface area contributed by atoms with Crippen molar-refractivity contribution in [2.45, 2.75) is 61.5 Å². The molecule has 1 saturated carbocycles. The van der Waals surface area contributed by atoms with E-state index in [2.05, 4.69) is 0 Å². The number of carbonyl (C=O) groups is 1. The molecule has 1 aliphatic carbocycles. The van der Waals surface area contributed by atoms with E-state index in [9.17, 15) is 30.3 Å². The molecule has 25 heavy (non-hydrogen) atoms. The molecule has 0 spiro atoms. The number of ketones is 1. The quantitative estimate of drug-likeness (QED) is 0.300. The van der Waals surface area contributed by atoms with Gasteiger partial charge in [-0.3, -0.25) is 4.79 Å². The Hall–Kier alpha value is -1.11. The lowest BCUT2D eigenvalue weighted by Gasteiger charge is -2.43. The molecule has 2 fully saturated rings. The van der Waals surface area contributed by atoms with Gasteiger partial charge in [-0.25, -0.2) is 0 Å². The predicted molar refractivity (Wildman–Crippen MR) is 77.6 cm³/mol. The topological polar surface area (TPSA) is 166 Å². The van der Waals surface area contributed by atoms with Gasteiger partial charge in [0, 0.05) is 6.42 Å². The minimum atomic E-state index is -1.85. The first-order chi connectivity index (χ1) is 11.6. The van der Waals surface area contributed by atoms with Gasteiger partial charge in [0.25, 0.3) is 0 Å². The number of ether oxygens (including phenoxy) is 3. The molecule has 9 atom stereocenters. The van der Waals surface area contributed by atoms with Crippen molar-refractivity contribution in [1.82, 2.24) is 0 Å². The minimum Gasteiger partial charge on any atom is -0.472 e. The van der Waals surface area contributed by atoms with Gasteiger partial charge in [0.1, 0.15) is 17.8 Å². The molecule has 1 saturated heterocycles. The highest BCUT2D eigenvalue weighted by molar-refractivity contribution is 5.88. The molecule has 0 amide bonds. The summed E-state index contributed by atoms with van der Waals surface area (Å²) >= 11 is 0. The summed E-state index contributed by atoms with van der Waals surface area (Å²) in [5, 5.41) is 60.0. The van der Waals surface area contributed by atoms with Gasteiger partial charge in [0.2, 0.25) is 6.29 Å². The Morgan fingerprint density at radius 1 is 1.24 bits per heavy atom. The van der Waals surface area contributed by atoms with Crippen molar-refractivity contribution in [3.8, 4) is 0 Å². The normalized spacial score (nSPS) is 52.8. The molecule has 6 N–H and O–H groups in total. The fourth-order valence-electron chi connectivity index (χ4n) is 3.72. The van der Waals surface area contributed by atoms with E-state index in [1.807, 2.05) is 0 Å². The van der Waals surface area contributed by atoms with Crippen LogP contribution in [0.25, 0.3) is 0 Å². The maximum Gasteiger partial charge on any atom is 0.210 e. The largest absolute Gasteiger partial charge is 0.472 e.